The van der Waals surface area contributed by atoms with Gasteiger partial charge >= 0.3 is 0 Å². The van der Waals surface area contributed by atoms with Crippen molar-refractivity contribution in [1.29, 1.82) is 0 Å². The maximum absolute atomic E-state index is 12.5. The number of hydrogen-bond acceptors (Lipinski definition) is 6. The first kappa shape index (κ1) is 17.9. The second-order valence-electron chi connectivity index (χ2n) is 5.45. The number of nitrogens with one attached hydrogen (secondary N) is 1. The summed E-state index contributed by atoms with van der Waals surface area (Å²) in [6, 6.07) is 14.5. The van der Waals surface area contributed by atoms with E-state index in [1.165, 1.54) is 4.90 Å². The molecule has 0 radical (unpaired) electrons. The molecular weight excluding hydrogens is 352 g/mol. The summed E-state index contributed by atoms with van der Waals surface area (Å²) < 4.78 is 10.2. The van der Waals surface area contributed by atoms with Gasteiger partial charge in [0.05, 0.1) is 25.8 Å². The van der Waals surface area contributed by atoms with E-state index in [1.807, 2.05) is 24.3 Å². The number of anilines is 1. The molecular formula is C19H18N2O4S. The SMILES string of the molecule is COc1ccc(C=C2SC(=O)N(CNc3ccc(OC)cc3)C2=O)cc1. The number of benzene rings is 2. The van der Waals surface area contributed by atoms with Crippen LogP contribution in [0, 0.1) is 0 Å². The molecule has 3 rings (SSSR count). The van der Waals surface area contributed by atoms with E-state index in [0.29, 0.717) is 4.91 Å². The predicted molar refractivity (Wildman–Crippen MR) is 102 cm³/mol. The van der Waals surface area contributed by atoms with E-state index in [0.717, 1.165) is 34.5 Å². The fraction of sp³-hybridized carbons (Fsp3) is 0.158. The van der Waals surface area contributed by atoms with Crippen molar-refractivity contribution in [3.63, 3.8) is 0 Å². The highest BCUT2D eigenvalue weighted by Gasteiger charge is 2.34. The van der Waals surface area contributed by atoms with E-state index in [-0.39, 0.29) is 17.8 Å². The highest BCUT2D eigenvalue weighted by Crippen LogP contribution is 2.32. The van der Waals surface area contributed by atoms with Crippen LogP contribution in [0.15, 0.2) is 53.4 Å². The summed E-state index contributed by atoms with van der Waals surface area (Å²) in [7, 11) is 3.19. The van der Waals surface area contributed by atoms with Gasteiger partial charge in [-0.3, -0.25) is 14.5 Å². The molecule has 0 atom stereocenters. The van der Waals surface area contributed by atoms with Crippen LogP contribution in [0.2, 0.25) is 0 Å². The van der Waals surface area contributed by atoms with Crippen LogP contribution in [0.4, 0.5) is 10.5 Å². The van der Waals surface area contributed by atoms with Gasteiger partial charge < -0.3 is 14.8 Å². The molecule has 0 aromatic heterocycles. The third kappa shape index (κ3) is 4.00. The Balaban J connectivity index is 1.66. The molecule has 2 amide bonds. The first-order valence-corrected chi connectivity index (χ1v) is 8.69. The molecule has 0 spiro atoms. The number of rotatable bonds is 6. The lowest BCUT2D eigenvalue weighted by atomic mass is 10.2. The number of methoxy groups -OCH3 is 2. The van der Waals surface area contributed by atoms with Crippen molar-refractivity contribution < 1.29 is 19.1 Å². The standard InChI is InChI=1S/C19H18N2O4S/c1-24-15-7-3-13(4-8-15)11-17-18(22)21(19(23)26-17)12-20-14-5-9-16(25-2)10-6-14/h3-11,20H,12H2,1-2H3. The highest BCUT2D eigenvalue weighted by molar-refractivity contribution is 8.18. The molecule has 6 nitrogen and oxygen atoms in total. The van der Waals surface area contributed by atoms with Gasteiger partial charge in [0.2, 0.25) is 0 Å². The minimum absolute atomic E-state index is 0.108. The quantitative estimate of drug-likeness (QED) is 0.780. The number of carbonyl (C=O) groups excluding carboxylic acids is 2. The zero-order valence-electron chi connectivity index (χ0n) is 14.4. The molecule has 0 saturated carbocycles. The molecule has 2 aromatic rings. The normalized spacial score (nSPS) is 15.5. The maximum atomic E-state index is 12.5. The Morgan fingerprint density at radius 2 is 1.54 bits per heavy atom. The van der Waals surface area contributed by atoms with E-state index in [4.69, 9.17) is 9.47 Å². The third-order valence-corrected chi connectivity index (χ3v) is 4.73. The van der Waals surface area contributed by atoms with Gasteiger partial charge in [-0.25, -0.2) is 0 Å². The number of thioether (sulfide) groups is 1. The van der Waals surface area contributed by atoms with Gasteiger partial charge in [0.15, 0.2) is 0 Å². The Hall–Kier alpha value is -2.93. The van der Waals surface area contributed by atoms with Crippen LogP contribution in [0.25, 0.3) is 6.08 Å². The van der Waals surface area contributed by atoms with E-state index < -0.39 is 0 Å². The molecule has 26 heavy (non-hydrogen) atoms. The maximum Gasteiger partial charge on any atom is 0.295 e. The molecule has 2 aromatic carbocycles. The Morgan fingerprint density at radius 3 is 2.12 bits per heavy atom. The highest BCUT2D eigenvalue weighted by atomic mass is 32.2. The van der Waals surface area contributed by atoms with Gasteiger partial charge in [0.25, 0.3) is 11.1 Å². The predicted octanol–water partition coefficient (Wildman–Crippen LogP) is 3.81. The zero-order valence-corrected chi connectivity index (χ0v) is 15.2. The molecule has 1 aliphatic rings. The molecule has 134 valence electrons. The Bertz CT molecular complexity index is 832. The summed E-state index contributed by atoms with van der Waals surface area (Å²) in [6.45, 7) is 0.108. The molecule has 1 N–H and O–H groups in total. The number of carbonyl (C=O) groups is 2. The van der Waals surface area contributed by atoms with Crippen molar-refractivity contribution in [2.45, 2.75) is 0 Å². The number of hydrogen-bond donors (Lipinski definition) is 1. The van der Waals surface area contributed by atoms with Crippen LogP contribution in [0.5, 0.6) is 11.5 Å². The zero-order chi connectivity index (χ0) is 18.5. The first-order valence-electron chi connectivity index (χ1n) is 7.88. The van der Waals surface area contributed by atoms with Gasteiger partial charge in [-0.1, -0.05) is 12.1 Å². The van der Waals surface area contributed by atoms with Gasteiger partial charge in [-0.15, -0.1) is 0 Å². The van der Waals surface area contributed by atoms with Crippen LogP contribution in [0.3, 0.4) is 0 Å². The van der Waals surface area contributed by atoms with Crippen molar-refractivity contribution in [2.24, 2.45) is 0 Å². The monoisotopic (exact) mass is 370 g/mol. The number of imide groups is 1. The molecule has 0 bridgehead atoms. The van der Waals surface area contributed by atoms with Crippen LogP contribution >= 0.6 is 11.8 Å². The molecule has 1 heterocycles. The van der Waals surface area contributed by atoms with E-state index in [1.54, 1.807) is 44.6 Å². The molecule has 0 unspecified atom stereocenters. The fourth-order valence-electron chi connectivity index (χ4n) is 2.37. The Kier molecular flexibility index (Phi) is 5.48. The molecule has 7 heteroatoms. The second kappa shape index (κ2) is 7.97. The Morgan fingerprint density at radius 1 is 0.962 bits per heavy atom. The Labute approximate surface area is 155 Å². The molecule has 1 aliphatic heterocycles. The summed E-state index contributed by atoms with van der Waals surface area (Å²) >= 11 is 0.935. The number of ether oxygens (including phenoxy) is 2. The lowest BCUT2D eigenvalue weighted by Crippen LogP contribution is -2.33. The average Bonchev–Trinajstić information content (AvgIpc) is 2.94. The average molecular weight is 370 g/mol. The van der Waals surface area contributed by atoms with Crippen molar-refractivity contribution in [2.75, 3.05) is 26.2 Å². The van der Waals surface area contributed by atoms with Crippen molar-refractivity contribution >= 4 is 34.7 Å². The summed E-state index contributed by atoms with van der Waals surface area (Å²) in [4.78, 5) is 26.2. The largest absolute Gasteiger partial charge is 0.497 e. The molecule has 0 aliphatic carbocycles. The van der Waals surface area contributed by atoms with Crippen LogP contribution < -0.4 is 14.8 Å². The van der Waals surface area contributed by atoms with Crippen LogP contribution in [0.1, 0.15) is 5.56 Å². The topological polar surface area (TPSA) is 67.9 Å². The van der Waals surface area contributed by atoms with Gasteiger partial charge in [-0.2, -0.15) is 0 Å². The first-order chi connectivity index (χ1) is 12.6. The van der Waals surface area contributed by atoms with Gasteiger partial charge in [0.1, 0.15) is 11.5 Å². The van der Waals surface area contributed by atoms with Crippen LogP contribution in [-0.2, 0) is 4.79 Å². The number of amides is 2. The van der Waals surface area contributed by atoms with E-state index >= 15 is 0 Å². The summed E-state index contributed by atoms with van der Waals surface area (Å²) in [5, 5.41) is 2.77. The van der Waals surface area contributed by atoms with Crippen molar-refractivity contribution in [1.82, 2.24) is 4.90 Å². The molecule has 1 saturated heterocycles. The van der Waals surface area contributed by atoms with E-state index in [2.05, 4.69) is 5.32 Å². The lowest BCUT2D eigenvalue weighted by molar-refractivity contribution is -0.122. The number of nitrogens with zero attached hydrogens (tertiary/aromatic N) is 1. The summed E-state index contributed by atoms with van der Waals surface area (Å²) in [5.74, 6) is 1.17. The molecule has 1 fully saturated rings. The van der Waals surface area contributed by atoms with E-state index in [9.17, 15) is 9.59 Å². The van der Waals surface area contributed by atoms with Crippen molar-refractivity contribution in [3.05, 3.63) is 59.0 Å². The smallest absolute Gasteiger partial charge is 0.295 e. The van der Waals surface area contributed by atoms with Crippen molar-refractivity contribution in [3.8, 4) is 11.5 Å². The minimum atomic E-state index is -0.308. The van der Waals surface area contributed by atoms with Gasteiger partial charge in [0, 0.05) is 5.69 Å². The summed E-state index contributed by atoms with van der Waals surface area (Å²) in [6.07, 6.45) is 1.71. The minimum Gasteiger partial charge on any atom is -0.497 e. The van der Waals surface area contributed by atoms with Gasteiger partial charge in [-0.05, 0) is 59.8 Å². The van der Waals surface area contributed by atoms with Crippen LogP contribution in [-0.4, -0.2) is 36.9 Å². The third-order valence-electron chi connectivity index (χ3n) is 3.82. The summed E-state index contributed by atoms with van der Waals surface area (Å²) in [5.41, 5.74) is 1.63. The second-order valence-corrected chi connectivity index (χ2v) is 6.44. The fourth-order valence-corrected chi connectivity index (χ4v) is 3.21. The lowest BCUT2D eigenvalue weighted by Gasteiger charge is -2.14.